The lowest BCUT2D eigenvalue weighted by molar-refractivity contribution is 0.0601. The number of rotatable bonds is 3. The van der Waals surface area contributed by atoms with Crippen molar-refractivity contribution in [3.63, 3.8) is 0 Å². The van der Waals surface area contributed by atoms with Crippen LogP contribution in [0.15, 0.2) is 42.5 Å². The Bertz CT molecular complexity index is 591. The standard InChI is InChI=1S/C15H15NO3/c1-18-12-7-8-13(14(16)9-12)10-3-5-11(6-4-10)15(17)19-2/h3-9H,16H2,1-2H3. The van der Waals surface area contributed by atoms with Crippen molar-refractivity contribution in [1.29, 1.82) is 0 Å². The summed E-state index contributed by atoms with van der Waals surface area (Å²) in [6.45, 7) is 0. The molecule has 19 heavy (non-hydrogen) atoms. The molecule has 0 saturated heterocycles. The molecular weight excluding hydrogens is 242 g/mol. The molecule has 0 aromatic heterocycles. The monoisotopic (exact) mass is 257 g/mol. The van der Waals surface area contributed by atoms with Crippen LogP contribution in [0.25, 0.3) is 11.1 Å². The Morgan fingerprint density at radius 1 is 1.05 bits per heavy atom. The molecule has 2 N–H and O–H groups in total. The van der Waals surface area contributed by atoms with Crippen molar-refractivity contribution < 1.29 is 14.3 Å². The van der Waals surface area contributed by atoms with Crippen LogP contribution < -0.4 is 10.5 Å². The fraction of sp³-hybridized carbons (Fsp3) is 0.133. The minimum Gasteiger partial charge on any atom is -0.497 e. The van der Waals surface area contributed by atoms with E-state index in [1.165, 1.54) is 7.11 Å². The minimum atomic E-state index is -0.353. The fourth-order valence-corrected chi connectivity index (χ4v) is 1.83. The van der Waals surface area contributed by atoms with Gasteiger partial charge in [-0.05, 0) is 29.8 Å². The zero-order valence-electron chi connectivity index (χ0n) is 10.8. The van der Waals surface area contributed by atoms with Gasteiger partial charge in [0.05, 0.1) is 19.8 Å². The van der Waals surface area contributed by atoms with Gasteiger partial charge in [0.15, 0.2) is 0 Å². The Balaban J connectivity index is 2.34. The highest BCUT2D eigenvalue weighted by molar-refractivity contribution is 5.90. The molecule has 4 nitrogen and oxygen atoms in total. The lowest BCUT2D eigenvalue weighted by Gasteiger charge is -2.08. The highest BCUT2D eigenvalue weighted by Gasteiger charge is 2.07. The number of nitrogen functional groups attached to an aromatic ring is 1. The summed E-state index contributed by atoms with van der Waals surface area (Å²) in [5, 5.41) is 0. The Hall–Kier alpha value is -2.49. The maximum atomic E-state index is 11.3. The van der Waals surface area contributed by atoms with E-state index in [2.05, 4.69) is 4.74 Å². The van der Waals surface area contributed by atoms with Crippen LogP contribution in [0.3, 0.4) is 0 Å². The lowest BCUT2D eigenvalue weighted by Crippen LogP contribution is -2.00. The van der Waals surface area contributed by atoms with Crippen molar-refractivity contribution in [3.8, 4) is 16.9 Å². The lowest BCUT2D eigenvalue weighted by atomic mass is 10.0. The number of carbonyl (C=O) groups excluding carboxylic acids is 1. The number of hydrogen-bond donors (Lipinski definition) is 1. The quantitative estimate of drug-likeness (QED) is 0.678. The first-order chi connectivity index (χ1) is 9.15. The van der Waals surface area contributed by atoms with Crippen LogP contribution in [-0.2, 0) is 4.74 Å². The average molecular weight is 257 g/mol. The van der Waals surface area contributed by atoms with E-state index in [0.717, 1.165) is 11.1 Å². The molecule has 2 rings (SSSR count). The van der Waals surface area contributed by atoms with Gasteiger partial charge >= 0.3 is 5.97 Å². The highest BCUT2D eigenvalue weighted by atomic mass is 16.5. The van der Waals surface area contributed by atoms with Gasteiger partial charge in [-0.3, -0.25) is 0 Å². The topological polar surface area (TPSA) is 61.5 Å². The van der Waals surface area contributed by atoms with Crippen molar-refractivity contribution in [1.82, 2.24) is 0 Å². The zero-order chi connectivity index (χ0) is 13.8. The van der Waals surface area contributed by atoms with Gasteiger partial charge in [0.25, 0.3) is 0 Å². The van der Waals surface area contributed by atoms with Crippen LogP contribution in [-0.4, -0.2) is 20.2 Å². The van der Waals surface area contributed by atoms with E-state index < -0.39 is 0 Å². The first kappa shape index (κ1) is 13.0. The molecule has 0 amide bonds. The van der Waals surface area contributed by atoms with Crippen molar-refractivity contribution in [2.24, 2.45) is 0 Å². The summed E-state index contributed by atoms with van der Waals surface area (Å²) in [5.41, 5.74) is 8.96. The molecule has 98 valence electrons. The number of benzene rings is 2. The number of esters is 1. The number of methoxy groups -OCH3 is 2. The van der Waals surface area contributed by atoms with Gasteiger partial charge in [-0.15, -0.1) is 0 Å². The van der Waals surface area contributed by atoms with Crippen molar-refractivity contribution >= 4 is 11.7 Å². The van der Waals surface area contributed by atoms with E-state index in [1.807, 2.05) is 24.3 Å². The molecule has 0 atom stereocenters. The molecule has 0 heterocycles. The summed E-state index contributed by atoms with van der Waals surface area (Å²) < 4.78 is 9.77. The van der Waals surface area contributed by atoms with Crippen LogP contribution in [0, 0.1) is 0 Å². The molecule has 0 aliphatic heterocycles. The summed E-state index contributed by atoms with van der Waals surface area (Å²) in [6.07, 6.45) is 0. The number of anilines is 1. The first-order valence-electron chi connectivity index (χ1n) is 5.78. The molecule has 0 radical (unpaired) electrons. The molecule has 0 bridgehead atoms. The second-order valence-corrected chi connectivity index (χ2v) is 4.02. The van der Waals surface area contributed by atoms with Gasteiger partial charge in [0.1, 0.15) is 5.75 Å². The summed E-state index contributed by atoms with van der Waals surface area (Å²) in [6, 6.07) is 12.6. The third-order valence-corrected chi connectivity index (χ3v) is 2.88. The number of ether oxygens (including phenoxy) is 2. The third-order valence-electron chi connectivity index (χ3n) is 2.88. The molecule has 0 spiro atoms. The Kier molecular flexibility index (Phi) is 3.71. The maximum Gasteiger partial charge on any atom is 0.337 e. The van der Waals surface area contributed by atoms with Crippen LogP contribution in [0.4, 0.5) is 5.69 Å². The predicted molar refractivity (Wildman–Crippen MR) is 74.2 cm³/mol. The van der Waals surface area contributed by atoms with Crippen molar-refractivity contribution in [3.05, 3.63) is 48.0 Å². The van der Waals surface area contributed by atoms with Gasteiger partial charge in [0.2, 0.25) is 0 Å². The van der Waals surface area contributed by atoms with E-state index in [9.17, 15) is 4.79 Å². The number of hydrogen-bond acceptors (Lipinski definition) is 4. The summed E-state index contributed by atoms with van der Waals surface area (Å²) in [7, 11) is 2.96. The van der Waals surface area contributed by atoms with Gasteiger partial charge in [0, 0.05) is 17.3 Å². The summed E-state index contributed by atoms with van der Waals surface area (Å²) in [4.78, 5) is 11.3. The van der Waals surface area contributed by atoms with E-state index in [0.29, 0.717) is 17.0 Å². The molecule has 0 unspecified atom stereocenters. The molecule has 0 aliphatic rings. The smallest absolute Gasteiger partial charge is 0.337 e. The molecule has 0 saturated carbocycles. The van der Waals surface area contributed by atoms with E-state index >= 15 is 0 Å². The van der Waals surface area contributed by atoms with Crippen molar-refractivity contribution in [2.75, 3.05) is 20.0 Å². The van der Waals surface area contributed by atoms with Gasteiger partial charge in [-0.25, -0.2) is 4.79 Å². The van der Waals surface area contributed by atoms with Gasteiger partial charge < -0.3 is 15.2 Å². The van der Waals surface area contributed by atoms with Crippen LogP contribution in [0.1, 0.15) is 10.4 Å². The van der Waals surface area contributed by atoms with Crippen LogP contribution in [0.2, 0.25) is 0 Å². The van der Waals surface area contributed by atoms with Crippen molar-refractivity contribution in [2.45, 2.75) is 0 Å². The Morgan fingerprint density at radius 2 is 1.74 bits per heavy atom. The van der Waals surface area contributed by atoms with E-state index in [-0.39, 0.29) is 5.97 Å². The largest absolute Gasteiger partial charge is 0.497 e. The van der Waals surface area contributed by atoms with E-state index in [1.54, 1.807) is 25.3 Å². The molecule has 2 aromatic carbocycles. The highest BCUT2D eigenvalue weighted by Crippen LogP contribution is 2.29. The minimum absolute atomic E-state index is 0.353. The number of nitrogens with two attached hydrogens (primary N) is 1. The Morgan fingerprint density at radius 3 is 2.26 bits per heavy atom. The molecule has 0 fully saturated rings. The van der Waals surface area contributed by atoms with Crippen LogP contribution >= 0.6 is 0 Å². The molecule has 2 aromatic rings. The molecular formula is C15H15NO3. The molecule has 4 heteroatoms. The van der Waals surface area contributed by atoms with Crippen LogP contribution in [0.5, 0.6) is 5.75 Å². The summed E-state index contributed by atoms with van der Waals surface area (Å²) >= 11 is 0. The second kappa shape index (κ2) is 5.44. The fourth-order valence-electron chi connectivity index (χ4n) is 1.83. The maximum absolute atomic E-state index is 11.3. The van der Waals surface area contributed by atoms with Gasteiger partial charge in [-0.1, -0.05) is 12.1 Å². The zero-order valence-corrected chi connectivity index (χ0v) is 10.8. The Labute approximate surface area is 111 Å². The summed E-state index contributed by atoms with van der Waals surface area (Å²) in [5.74, 6) is 0.363. The van der Waals surface area contributed by atoms with E-state index in [4.69, 9.17) is 10.5 Å². The first-order valence-corrected chi connectivity index (χ1v) is 5.78. The second-order valence-electron chi connectivity index (χ2n) is 4.02. The SMILES string of the molecule is COC(=O)c1ccc(-c2ccc(OC)cc2N)cc1. The van der Waals surface area contributed by atoms with Gasteiger partial charge in [-0.2, -0.15) is 0 Å². The normalized spacial score (nSPS) is 10.0. The predicted octanol–water partition coefficient (Wildman–Crippen LogP) is 2.73. The molecule has 0 aliphatic carbocycles. The third kappa shape index (κ3) is 2.68. The number of carbonyl (C=O) groups is 1. The average Bonchev–Trinajstić information content (AvgIpc) is 2.46.